The Hall–Kier alpha value is -3.28. The molecule has 1 aliphatic carbocycles. The van der Waals surface area contributed by atoms with Crippen molar-refractivity contribution in [2.24, 2.45) is 17.1 Å². The maximum Gasteiger partial charge on any atom is 0.395 e. The van der Waals surface area contributed by atoms with Crippen LogP contribution in [-0.4, -0.2) is 76.6 Å². The van der Waals surface area contributed by atoms with Crippen molar-refractivity contribution in [2.45, 2.75) is 57.2 Å². The molecule has 1 aromatic carbocycles. The molecule has 1 unspecified atom stereocenters. The molecule has 2 saturated heterocycles. The number of nitrogens with two attached hydrogens (primary N) is 1. The zero-order valence-corrected chi connectivity index (χ0v) is 22.1. The summed E-state index contributed by atoms with van der Waals surface area (Å²) in [6, 6.07) is 3.62. The number of nitrogens with zero attached hydrogens (tertiary/aromatic N) is 4. The van der Waals surface area contributed by atoms with Gasteiger partial charge in [-0.15, -0.1) is 0 Å². The fraction of sp³-hybridized carbons (Fsp3) is 0.571. The fourth-order valence-corrected chi connectivity index (χ4v) is 5.93. The summed E-state index contributed by atoms with van der Waals surface area (Å²) >= 11 is 0. The number of hydrogen-bond donors (Lipinski definition) is 1. The zero-order valence-electron chi connectivity index (χ0n) is 22.1. The van der Waals surface area contributed by atoms with E-state index in [2.05, 4.69) is 9.97 Å². The molecule has 8 nitrogen and oxygen atoms in total. The van der Waals surface area contributed by atoms with E-state index >= 15 is 0 Å². The predicted octanol–water partition coefficient (Wildman–Crippen LogP) is 4.20. The summed E-state index contributed by atoms with van der Waals surface area (Å²) in [4.78, 5) is 36.1. The second-order valence-electron chi connectivity index (χ2n) is 11.2. The fourth-order valence-electron chi connectivity index (χ4n) is 5.93. The van der Waals surface area contributed by atoms with Crippen LogP contribution in [0.3, 0.4) is 0 Å². The van der Waals surface area contributed by atoms with Crippen LogP contribution in [0.15, 0.2) is 30.6 Å². The Kier molecular flexibility index (Phi) is 7.98. The van der Waals surface area contributed by atoms with E-state index in [0.29, 0.717) is 56.6 Å². The molecule has 3 heterocycles. The number of aromatic nitrogens is 2. The molecule has 0 bridgehead atoms. The minimum absolute atomic E-state index is 0.0799. The van der Waals surface area contributed by atoms with Gasteiger partial charge in [0.1, 0.15) is 11.9 Å². The molecule has 2 N–H and O–H groups in total. The topological polar surface area (TPSA) is 102 Å². The van der Waals surface area contributed by atoms with Gasteiger partial charge in [0.2, 0.25) is 5.91 Å². The first-order chi connectivity index (χ1) is 19.1. The van der Waals surface area contributed by atoms with Crippen LogP contribution in [0, 0.1) is 17.2 Å². The Bertz CT molecular complexity index is 1230. The number of benzene rings is 1. The van der Waals surface area contributed by atoms with E-state index in [4.69, 9.17) is 10.5 Å². The average molecular weight is 564 g/mol. The molecule has 216 valence electrons. The number of ether oxygens (including phenoxy) is 1. The van der Waals surface area contributed by atoms with Gasteiger partial charge in [0.05, 0.1) is 17.6 Å². The molecule has 1 saturated carbocycles. The number of piperidine rings is 1. The molecular formula is C28H33F4N5O3. The zero-order chi connectivity index (χ0) is 28.5. The molecule has 1 aromatic heterocycles. The number of hydrogen-bond acceptors (Lipinski definition) is 6. The molecular weight excluding hydrogens is 530 g/mol. The van der Waals surface area contributed by atoms with Crippen LogP contribution in [0.5, 0.6) is 6.01 Å². The van der Waals surface area contributed by atoms with Gasteiger partial charge in [-0.05, 0) is 75.2 Å². The van der Waals surface area contributed by atoms with Crippen LogP contribution in [0.4, 0.5) is 17.6 Å². The molecule has 2 amide bonds. The summed E-state index contributed by atoms with van der Waals surface area (Å²) in [5.74, 6) is -1.69. The van der Waals surface area contributed by atoms with Crippen molar-refractivity contribution in [1.82, 2.24) is 19.8 Å². The van der Waals surface area contributed by atoms with Crippen molar-refractivity contribution in [3.63, 3.8) is 0 Å². The van der Waals surface area contributed by atoms with Crippen molar-refractivity contribution in [3.8, 4) is 17.1 Å². The quantitative estimate of drug-likeness (QED) is 0.484. The van der Waals surface area contributed by atoms with Crippen molar-refractivity contribution in [2.75, 3.05) is 32.8 Å². The summed E-state index contributed by atoms with van der Waals surface area (Å²) in [5.41, 5.74) is 4.71. The Morgan fingerprint density at radius 2 is 1.73 bits per heavy atom. The van der Waals surface area contributed by atoms with Crippen LogP contribution in [0.25, 0.3) is 11.1 Å². The first-order valence-corrected chi connectivity index (χ1v) is 13.7. The monoisotopic (exact) mass is 563 g/mol. The predicted molar refractivity (Wildman–Crippen MR) is 138 cm³/mol. The maximum absolute atomic E-state index is 14.9. The van der Waals surface area contributed by atoms with Gasteiger partial charge in [-0.3, -0.25) is 9.59 Å². The van der Waals surface area contributed by atoms with E-state index in [-0.39, 0.29) is 36.9 Å². The van der Waals surface area contributed by atoms with Gasteiger partial charge in [0.25, 0.3) is 5.91 Å². The van der Waals surface area contributed by atoms with Crippen LogP contribution in [0.2, 0.25) is 0 Å². The van der Waals surface area contributed by atoms with Gasteiger partial charge < -0.3 is 20.3 Å². The van der Waals surface area contributed by atoms with Crippen molar-refractivity contribution < 1.29 is 31.9 Å². The van der Waals surface area contributed by atoms with E-state index in [9.17, 15) is 27.2 Å². The number of primary amides is 1. The lowest BCUT2D eigenvalue weighted by Gasteiger charge is -2.47. The summed E-state index contributed by atoms with van der Waals surface area (Å²) in [5, 5.41) is 0. The molecule has 3 fully saturated rings. The number of alkyl halides is 3. The highest BCUT2D eigenvalue weighted by Gasteiger charge is 2.58. The lowest BCUT2D eigenvalue weighted by atomic mass is 9.67. The smallest absolute Gasteiger partial charge is 0.395 e. The average Bonchev–Trinajstić information content (AvgIpc) is 3.40. The summed E-state index contributed by atoms with van der Waals surface area (Å²) in [6.45, 7) is 2.01. The second-order valence-corrected chi connectivity index (χ2v) is 11.2. The molecule has 5 rings (SSSR count). The largest absolute Gasteiger partial charge is 0.463 e. The lowest BCUT2D eigenvalue weighted by Crippen LogP contribution is -2.53. The third-order valence-electron chi connectivity index (χ3n) is 8.60. The second kappa shape index (κ2) is 11.3. The highest BCUT2D eigenvalue weighted by atomic mass is 19.4. The van der Waals surface area contributed by atoms with Crippen molar-refractivity contribution >= 4 is 11.8 Å². The molecule has 1 atom stereocenters. The molecule has 0 spiro atoms. The Labute approximate surface area is 229 Å². The van der Waals surface area contributed by atoms with Gasteiger partial charge in [0, 0.05) is 31.0 Å². The van der Waals surface area contributed by atoms with Crippen LogP contribution < -0.4 is 10.5 Å². The van der Waals surface area contributed by atoms with E-state index in [1.807, 2.05) is 4.90 Å². The van der Waals surface area contributed by atoms with Crippen LogP contribution in [-0.2, 0) is 4.79 Å². The first kappa shape index (κ1) is 28.3. The third kappa shape index (κ3) is 5.77. The summed E-state index contributed by atoms with van der Waals surface area (Å²) in [7, 11) is 0. The molecule has 3 aliphatic rings. The minimum atomic E-state index is -4.15. The van der Waals surface area contributed by atoms with Gasteiger partial charge in [-0.1, -0.05) is 12.5 Å². The first-order valence-electron chi connectivity index (χ1n) is 13.7. The van der Waals surface area contributed by atoms with Crippen LogP contribution in [0.1, 0.15) is 55.3 Å². The van der Waals surface area contributed by atoms with Gasteiger partial charge in [0.15, 0.2) is 0 Å². The molecule has 12 heteroatoms. The molecule has 0 radical (unpaired) electrons. The van der Waals surface area contributed by atoms with E-state index in [1.165, 1.54) is 29.4 Å². The highest BCUT2D eigenvalue weighted by molar-refractivity contribution is 5.98. The minimum Gasteiger partial charge on any atom is -0.463 e. The summed E-state index contributed by atoms with van der Waals surface area (Å²) in [6.07, 6.45) is 2.52. The van der Waals surface area contributed by atoms with E-state index in [0.717, 1.165) is 12.8 Å². The van der Waals surface area contributed by atoms with E-state index < -0.39 is 35.3 Å². The van der Waals surface area contributed by atoms with Crippen LogP contribution >= 0.6 is 0 Å². The molecule has 2 aliphatic heterocycles. The lowest BCUT2D eigenvalue weighted by molar-refractivity contribution is -0.256. The Morgan fingerprint density at radius 1 is 1.02 bits per heavy atom. The number of halogens is 4. The highest BCUT2D eigenvalue weighted by Crippen LogP contribution is 2.53. The number of carbonyl (C=O) groups is 2. The standard InChI is InChI=1S/C28H33F4N5O3/c29-22-13-19(4-5-21(22)25(39)37-10-1-3-23(37)24(33)38)20-14-34-26(35-15-20)40-16-18-6-11-36(12-7-18)17-27(8-2-9-27)28(30,31)32/h4-5,13-15,18,23H,1-3,6-12,16-17H2,(H2,33,38). The van der Waals surface area contributed by atoms with Crippen molar-refractivity contribution in [1.29, 1.82) is 0 Å². The van der Waals surface area contributed by atoms with Crippen molar-refractivity contribution in [3.05, 3.63) is 42.0 Å². The number of rotatable bonds is 8. The van der Waals surface area contributed by atoms with Gasteiger partial charge in [-0.2, -0.15) is 13.2 Å². The van der Waals surface area contributed by atoms with Gasteiger partial charge in [-0.25, -0.2) is 14.4 Å². The molecule has 40 heavy (non-hydrogen) atoms. The third-order valence-corrected chi connectivity index (χ3v) is 8.60. The SMILES string of the molecule is NC(=O)C1CCCN1C(=O)c1ccc(-c2cnc(OCC3CCN(CC4(C(F)(F)F)CCC4)CC3)nc2)cc1F. The Balaban J connectivity index is 1.12. The number of amides is 2. The summed E-state index contributed by atoms with van der Waals surface area (Å²) < 4.78 is 61.1. The maximum atomic E-state index is 14.9. The number of likely N-dealkylation sites (tertiary alicyclic amines) is 2. The van der Waals surface area contributed by atoms with E-state index in [1.54, 1.807) is 6.07 Å². The molecule has 2 aromatic rings. The normalized spacial score (nSPS) is 21.7. The Morgan fingerprint density at radius 3 is 2.30 bits per heavy atom. The van der Waals surface area contributed by atoms with Gasteiger partial charge >= 0.3 is 12.2 Å². The number of carbonyl (C=O) groups excluding carboxylic acids is 2.